The van der Waals surface area contributed by atoms with Gasteiger partial charge in [0.05, 0.1) is 0 Å². The smallest absolute Gasteiger partial charge is 0.115 e. The zero-order chi connectivity index (χ0) is 14.8. The molecule has 3 aliphatic rings. The van der Waals surface area contributed by atoms with Crippen molar-refractivity contribution in [1.82, 2.24) is 4.90 Å². The molecule has 1 aromatic carbocycles. The summed E-state index contributed by atoms with van der Waals surface area (Å²) in [6.45, 7) is 9.79. The Hall–Kier alpha value is -1.02. The Bertz CT molecular complexity index is 577. The van der Waals surface area contributed by atoms with Crippen LogP contribution >= 0.6 is 0 Å². The fourth-order valence-corrected chi connectivity index (χ4v) is 4.75. The standard InChI is InChI=1S/C19H27NO/c1-13-17-10-14-4-5-15(21)11-16(14)19(13,3)8-9-20(17)12-18(2)6-7-18/h4-5,11,13,17,21H,6-10,12H2,1-3H3/t13?,17-,19-/m1/s1. The molecule has 114 valence electrons. The van der Waals surface area contributed by atoms with Crippen molar-refractivity contribution in [3.8, 4) is 5.75 Å². The quantitative estimate of drug-likeness (QED) is 0.895. The largest absolute Gasteiger partial charge is 0.508 e. The number of fused-ring (bicyclic) bond motifs is 4. The third-order valence-electron chi connectivity index (χ3n) is 6.80. The summed E-state index contributed by atoms with van der Waals surface area (Å²) in [6, 6.07) is 6.73. The van der Waals surface area contributed by atoms with E-state index in [1.807, 2.05) is 12.1 Å². The number of phenolic OH excluding ortho intramolecular Hbond substituents is 1. The number of hydrogen-bond acceptors (Lipinski definition) is 2. The lowest BCUT2D eigenvalue weighted by Crippen LogP contribution is -2.58. The molecule has 0 radical (unpaired) electrons. The number of piperidine rings is 1. The maximum atomic E-state index is 9.89. The van der Waals surface area contributed by atoms with E-state index in [1.165, 1.54) is 43.5 Å². The van der Waals surface area contributed by atoms with Crippen LogP contribution in [-0.4, -0.2) is 29.1 Å². The van der Waals surface area contributed by atoms with Gasteiger partial charge < -0.3 is 5.11 Å². The van der Waals surface area contributed by atoms with Crippen LogP contribution in [0, 0.1) is 11.3 Å². The second-order valence-electron chi connectivity index (χ2n) is 8.35. The molecule has 4 rings (SSSR count). The van der Waals surface area contributed by atoms with Gasteiger partial charge in [-0.1, -0.05) is 26.8 Å². The predicted molar refractivity (Wildman–Crippen MR) is 85.6 cm³/mol. The first-order chi connectivity index (χ1) is 9.91. The Labute approximate surface area is 128 Å². The molecule has 2 fully saturated rings. The summed E-state index contributed by atoms with van der Waals surface area (Å²) in [5.74, 6) is 1.09. The molecular weight excluding hydrogens is 258 g/mol. The van der Waals surface area contributed by atoms with Crippen LogP contribution in [0.3, 0.4) is 0 Å². The number of aromatic hydroxyl groups is 1. The molecule has 1 saturated carbocycles. The van der Waals surface area contributed by atoms with E-state index in [2.05, 4.69) is 31.7 Å². The van der Waals surface area contributed by atoms with Crippen molar-refractivity contribution in [2.24, 2.45) is 11.3 Å². The molecule has 2 aliphatic carbocycles. The molecule has 0 amide bonds. The molecule has 1 aliphatic heterocycles. The molecule has 0 aromatic heterocycles. The van der Waals surface area contributed by atoms with Crippen LogP contribution in [0.25, 0.3) is 0 Å². The number of nitrogens with zero attached hydrogens (tertiary/aromatic N) is 1. The predicted octanol–water partition coefficient (Wildman–Crippen LogP) is 3.72. The molecule has 2 heteroatoms. The average Bonchev–Trinajstić information content (AvgIpc) is 3.16. The molecule has 2 bridgehead atoms. The van der Waals surface area contributed by atoms with E-state index in [-0.39, 0.29) is 5.41 Å². The fraction of sp³-hybridized carbons (Fsp3) is 0.684. The summed E-state index contributed by atoms with van der Waals surface area (Å²) >= 11 is 0. The molecule has 2 nitrogen and oxygen atoms in total. The topological polar surface area (TPSA) is 23.5 Å². The van der Waals surface area contributed by atoms with Crippen molar-refractivity contribution in [1.29, 1.82) is 0 Å². The maximum Gasteiger partial charge on any atom is 0.115 e. The molecular formula is C19H27NO. The molecule has 1 aromatic rings. The Morgan fingerprint density at radius 1 is 1.24 bits per heavy atom. The Morgan fingerprint density at radius 2 is 2.00 bits per heavy atom. The van der Waals surface area contributed by atoms with Gasteiger partial charge in [-0.25, -0.2) is 0 Å². The summed E-state index contributed by atoms with van der Waals surface area (Å²) in [5.41, 5.74) is 3.70. The van der Waals surface area contributed by atoms with Gasteiger partial charge in [0.2, 0.25) is 0 Å². The van der Waals surface area contributed by atoms with Crippen LogP contribution in [-0.2, 0) is 11.8 Å². The van der Waals surface area contributed by atoms with E-state index in [4.69, 9.17) is 0 Å². The number of phenols is 1. The van der Waals surface area contributed by atoms with Gasteiger partial charge in [-0.3, -0.25) is 4.90 Å². The van der Waals surface area contributed by atoms with Crippen LogP contribution in [0.2, 0.25) is 0 Å². The highest BCUT2D eigenvalue weighted by atomic mass is 16.3. The SMILES string of the molecule is CC1[C@H]2Cc3ccc(O)cc3[C@]1(C)CCN2CC1(C)CC1. The molecule has 3 atom stereocenters. The Balaban J connectivity index is 1.70. The van der Waals surface area contributed by atoms with Crippen molar-refractivity contribution in [2.45, 2.75) is 57.9 Å². The second kappa shape index (κ2) is 4.25. The van der Waals surface area contributed by atoms with Crippen LogP contribution in [0.4, 0.5) is 0 Å². The summed E-state index contributed by atoms with van der Waals surface area (Å²) in [5, 5.41) is 9.89. The van der Waals surface area contributed by atoms with E-state index in [0.717, 1.165) is 6.42 Å². The molecule has 1 saturated heterocycles. The van der Waals surface area contributed by atoms with Crippen molar-refractivity contribution < 1.29 is 5.11 Å². The third-order valence-corrected chi connectivity index (χ3v) is 6.80. The fourth-order valence-electron chi connectivity index (χ4n) is 4.75. The number of benzene rings is 1. The highest BCUT2D eigenvalue weighted by molar-refractivity contribution is 5.44. The highest BCUT2D eigenvalue weighted by Gasteiger charge is 2.50. The van der Waals surface area contributed by atoms with Crippen molar-refractivity contribution in [2.75, 3.05) is 13.1 Å². The Kier molecular flexibility index (Phi) is 2.76. The molecule has 21 heavy (non-hydrogen) atoms. The van der Waals surface area contributed by atoms with Gasteiger partial charge in [0, 0.05) is 12.6 Å². The normalized spacial score (nSPS) is 37.1. The molecule has 1 N–H and O–H groups in total. The molecule has 1 heterocycles. The van der Waals surface area contributed by atoms with Gasteiger partial charge in [-0.2, -0.15) is 0 Å². The van der Waals surface area contributed by atoms with Crippen LogP contribution < -0.4 is 0 Å². The van der Waals surface area contributed by atoms with E-state index < -0.39 is 0 Å². The lowest BCUT2D eigenvalue weighted by atomic mass is 9.59. The van der Waals surface area contributed by atoms with E-state index in [1.54, 1.807) is 0 Å². The minimum atomic E-state index is 0.234. The summed E-state index contributed by atoms with van der Waals surface area (Å²) < 4.78 is 0. The molecule has 1 unspecified atom stereocenters. The summed E-state index contributed by atoms with van der Waals surface area (Å²) in [7, 11) is 0. The highest BCUT2D eigenvalue weighted by Crippen LogP contribution is 2.52. The monoisotopic (exact) mass is 285 g/mol. The van der Waals surface area contributed by atoms with Gasteiger partial charge in [0.25, 0.3) is 0 Å². The van der Waals surface area contributed by atoms with E-state index in [0.29, 0.717) is 23.1 Å². The Morgan fingerprint density at radius 3 is 2.71 bits per heavy atom. The van der Waals surface area contributed by atoms with Crippen LogP contribution in [0.15, 0.2) is 18.2 Å². The van der Waals surface area contributed by atoms with Gasteiger partial charge in [-0.15, -0.1) is 0 Å². The number of rotatable bonds is 2. The third kappa shape index (κ3) is 2.03. The van der Waals surface area contributed by atoms with Crippen molar-refractivity contribution >= 4 is 0 Å². The van der Waals surface area contributed by atoms with Crippen LogP contribution in [0.5, 0.6) is 5.75 Å². The van der Waals surface area contributed by atoms with Gasteiger partial charge in [-0.05, 0) is 72.2 Å². The zero-order valence-corrected chi connectivity index (χ0v) is 13.5. The van der Waals surface area contributed by atoms with E-state index in [9.17, 15) is 5.11 Å². The van der Waals surface area contributed by atoms with E-state index >= 15 is 0 Å². The van der Waals surface area contributed by atoms with Crippen LogP contribution in [0.1, 0.15) is 51.2 Å². The minimum Gasteiger partial charge on any atom is -0.508 e. The van der Waals surface area contributed by atoms with Gasteiger partial charge in [0.1, 0.15) is 5.75 Å². The van der Waals surface area contributed by atoms with Crippen molar-refractivity contribution in [3.05, 3.63) is 29.3 Å². The number of hydrogen-bond donors (Lipinski definition) is 1. The number of likely N-dealkylation sites (tertiary alicyclic amines) is 1. The maximum absolute atomic E-state index is 9.89. The minimum absolute atomic E-state index is 0.234. The lowest BCUT2D eigenvalue weighted by molar-refractivity contribution is 0.0197. The first kappa shape index (κ1) is 13.6. The summed E-state index contributed by atoms with van der Waals surface area (Å²) in [4.78, 5) is 2.77. The second-order valence-corrected chi connectivity index (χ2v) is 8.35. The van der Waals surface area contributed by atoms with Crippen molar-refractivity contribution in [3.63, 3.8) is 0 Å². The van der Waals surface area contributed by atoms with Gasteiger partial charge >= 0.3 is 0 Å². The molecule has 0 spiro atoms. The first-order valence-electron chi connectivity index (χ1n) is 8.48. The summed E-state index contributed by atoms with van der Waals surface area (Å²) in [6.07, 6.45) is 5.19. The average molecular weight is 285 g/mol. The lowest BCUT2D eigenvalue weighted by Gasteiger charge is -2.55. The first-order valence-corrected chi connectivity index (χ1v) is 8.48. The zero-order valence-electron chi connectivity index (χ0n) is 13.5. The van der Waals surface area contributed by atoms with Gasteiger partial charge in [0.15, 0.2) is 0 Å².